The Morgan fingerprint density at radius 2 is 1.35 bits per heavy atom. The van der Waals surface area contributed by atoms with Gasteiger partial charge in [-0.1, -0.05) is 116 Å². The summed E-state index contributed by atoms with van der Waals surface area (Å²) in [5.74, 6) is 0.439. The number of ether oxygens (including phenoxy) is 3. The fourth-order valence-corrected chi connectivity index (χ4v) is 5.38. The van der Waals surface area contributed by atoms with E-state index >= 15 is 0 Å². The Morgan fingerprint density at radius 3 is 1.93 bits per heavy atom. The molecule has 0 unspecified atom stereocenters. The highest BCUT2D eigenvalue weighted by atomic mass is 19.1. The lowest BCUT2D eigenvalue weighted by molar-refractivity contribution is -0.206. The first-order valence-corrected chi connectivity index (χ1v) is 16.3. The molecule has 0 amide bonds. The lowest BCUT2D eigenvalue weighted by Gasteiger charge is -2.29. The molecule has 4 nitrogen and oxygen atoms in total. The molecule has 1 aliphatic heterocycles. The molecule has 0 atom stereocenters. The fraction of sp³-hybridized carbons (Fsp3) is 0.686. The number of halogens is 1. The zero-order valence-corrected chi connectivity index (χ0v) is 25.3. The van der Waals surface area contributed by atoms with E-state index in [1.807, 2.05) is 18.2 Å². The van der Waals surface area contributed by atoms with Crippen LogP contribution in [-0.4, -0.2) is 24.8 Å². The first-order valence-electron chi connectivity index (χ1n) is 16.3. The van der Waals surface area contributed by atoms with Gasteiger partial charge in [-0.3, -0.25) is 4.98 Å². The number of benzene rings is 1. The molecule has 2 heterocycles. The summed E-state index contributed by atoms with van der Waals surface area (Å²) in [6.07, 6.45) is 23.3. The highest BCUT2D eigenvalue weighted by Gasteiger charge is 2.23. The topological polar surface area (TPSA) is 40.6 Å². The maximum Gasteiger partial charge on any atom is 0.185 e. The molecule has 0 bridgehead atoms. The highest BCUT2D eigenvalue weighted by Crippen LogP contribution is 2.29. The molecule has 0 aliphatic carbocycles. The van der Waals surface area contributed by atoms with Gasteiger partial charge in [-0.15, -0.1) is 0 Å². The van der Waals surface area contributed by atoms with Crippen molar-refractivity contribution >= 4 is 0 Å². The van der Waals surface area contributed by atoms with Crippen LogP contribution in [0.3, 0.4) is 0 Å². The highest BCUT2D eigenvalue weighted by molar-refractivity contribution is 5.60. The van der Waals surface area contributed by atoms with Gasteiger partial charge in [-0.2, -0.15) is 0 Å². The van der Waals surface area contributed by atoms with Crippen molar-refractivity contribution in [2.24, 2.45) is 5.92 Å². The monoisotopic (exact) mass is 555 g/mol. The summed E-state index contributed by atoms with van der Waals surface area (Å²) in [6, 6.07) is 8.96. The van der Waals surface area contributed by atoms with E-state index < -0.39 is 0 Å². The van der Waals surface area contributed by atoms with Crippen molar-refractivity contribution in [3.05, 3.63) is 47.9 Å². The lowest BCUT2D eigenvalue weighted by atomic mass is 10.0. The van der Waals surface area contributed by atoms with E-state index in [-0.39, 0.29) is 12.1 Å². The van der Waals surface area contributed by atoms with Crippen LogP contribution in [0, 0.1) is 11.7 Å². The Bertz CT molecular complexity index is 911. The number of nitrogens with zero attached hydrogens (tertiary/aromatic N) is 1. The van der Waals surface area contributed by atoms with Gasteiger partial charge >= 0.3 is 0 Å². The number of aromatic nitrogens is 1. The second-order valence-corrected chi connectivity index (χ2v) is 11.6. The molecule has 1 aliphatic rings. The number of hydrogen-bond acceptors (Lipinski definition) is 4. The molecule has 1 aromatic heterocycles. The lowest BCUT2D eigenvalue weighted by Crippen LogP contribution is -2.27. The first-order chi connectivity index (χ1) is 19.7. The summed E-state index contributed by atoms with van der Waals surface area (Å²) < 4.78 is 32.4. The fourth-order valence-electron chi connectivity index (χ4n) is 5.38. The third-order valence-corrected chi connectivity index (χ3v) is 7.97. The third kappa shape index (κ3) is 12.3. The predicted molar refractivity (Wildman–Crippen MR) is 163 cm³/mol. The van der Waals surface area contributed by atoms with Gasteiger partial charge in [0.2, 0.25) is 0 Å². The summed E-state index contributed by atoms with van der Waals surface area (Å²) in [4.78, 5) is 4.56. The van der Waals surface area contributed by atoms with Crippen LogP contribution in [0.4, 0.5) is 4.39 Å². The molecular weight excluding hydrogens is 501 g/mol. The average molecular weight is 556 g/mol. The normalized spacial score (nSPS) is 17.3. The molecule has 0 N–H and O–H groups in total. The van der Waals surface area contributed by atoms with E-state index in [9.17, 15) is 4.39 Å². The summed E-state index contributed by atoms with van der Waals surface area (Å²) in [6.45, 7) is 6.50. The van der Waals surface area contributed by atoms with Crippen molar-refractivity contribution in [3.63, 3.8) is 0 Å². The summed E-state index contributed by atoms with van der Waals surface area (Å²) in [5.41, 5.74) is 2.36. The molecule has 3 rings (SSSR count). The van der Waals surface area contributed by atoms with Crippen molar-refractivity contribution < 1.29 is 18.6 Å². The number of rotatable bonds is 21. The van der Waals surface area contributed by atoms with Crippen LogP contribution < -0.4 is 4.74 Å². The van der Waals surface area contributed by atoms with Gasteiger partial charge in [0.05, 0.1) is 25.5 Å². The predicted octanol–water partition coefficient (Wildman–Crippen LogP) is 10.6. The van der Waals surface area contributed by atoms with E-state index in [4.69, 9.17) is 14.2 Å². The molecular formula is C35H54FNO3. The van der Waals surface area contributed by atoms with Crippen LogP contribution in [0.5, 0.6) is 5.75 Å². The Balaban J connectivity index is 1.31. The van der Waals surface area contributed by atoms with Gasteiger partial charge in [0.25, 0.3) is 0 Å². The minimum absolute atomic E-state index is 0.310. The third-order valence-electron chi connectivity index (χ3n) is 7.97. The summed E-state index contributed by atoms with van der Waals surface area (Å²) in [5, 5.41) is 0. The molecule has 0 radical (unpaired) electrons. The summed E-state index contributed by atoms with van der Waals surface area (Å²) in [7, 11) is 0. The smallest absolute Gasteiger partial charge is 0.185 e. The van der Waals surface area contributed by atoms with Gasteiger partial charge < -0.3 is 14.2 Å². The van der Waals surface area contributed by atoms with E-state index in [1.165, 1.54) is 102 Å². The zero-order valence-electron chi connectivity index (χ0n) is 25.3. The molecule has 1 aromatic carbocycles. The Labute approximate surface area is 243 Å². The SMILES string of the molecule is CCCCCCCCCCCC[C@H]1CO[C@H](c2ccc(-c3ccc(OCCCCCCCC)c(F)c3)nc2)OC1. The average Bonchev–Trinajstić information content (AvgIpc) is 2.99. The van der Waals surface area contributed by atoms with Gasteiger partial charge in [0.15, 0.2) is 17.9 Å². The van der Waals surface area contributed by atoms with E-state index in [0.717, 1.165) is 42.9 Å². The van der Waals surface area contributed by atoms with E-state index in [2.05, 4.69) is 18.8 Å². The number of hydrogen-bond donors (Lipinski definition) is 0. The molecule has 5 heteroatoms. The van der Waals surface area contributed by atoms with Crippen molar-refractivity contribution in [2.75, 3.05) is 19.8 Å². The molecule has 224 valence electrons. The van der Waals surface area contributed by atoms with Crippen molar-refractivity contribution in [1.82, 2.24) is 4.98 Å². The number of pyridine rings is 1. The Kier molecular flexibility index (Phi) is 16.3. The van der Waals surface area contributed by atoms with E-state index in [1.54, 1.807) is 12.3 Å². The molecule has 1 fully saturated rings. The second kappa shape index (κ2) is 20.0. The van der Waals surface area contributed by atoms with Gasteiger partial charge in [0.1, 0.15) is 0 Å². The standard InChI is InChI=1S/C35H54FNO3/c1-3-5-7-9-11-12-13-14-15-17-19-29-27-39-35(40-28-29)31-20-22-33(37-26-31)30-21-23-34(32(36)25-30)38-24-18-16-10-8-6-4-2/h20-23,25-26,29,35H,3-19,24,27-28H2,1-2H3/t29-,35-. The van der Waals surface area contributed by atoms with Crippen LogP contribution >= 0.6 is 0 Å². The van der Waals surface area contributed by atoms with Crippen molar-refractivity contribution in [1.29, 1.82) is 0 Å². The molecule has 0 saturated carbocycles. The van der Waals surface area contributed by atoms with E-state index in [0.29, 0.717) is 18.3 Å². The molecule has 0 spiro atoms. The van der Waals surface area contributed by atoms with Crippen molar-refractivity contribution in [2.45, 2.75) is 129 Å². The molecule has 40 heavy (non-hydrogen) atoms. The maximum atomic E-state index is 14.6. The molecule has 1 saturated heterocycles. The quantitative estimate of drug-likeness (QED) is 0.144. The minimum Gasteiger partial charge on any atom is -0.491 e. The van der Waals surface area contributed by atoms with Gasteiger partial charge in [-0.25, -0.2) is 4.39 Å². The maximum absolute atomic E-state index is 14.6. The van der Waals surface area contributed by atoms with Crippen LogP contribution in [0.25, 0.3) is 11.3 Å². The van der Waals surface area contributed by atoms with Crippen LogP contribution in [0.2, 0.25) is 0 Å². The largest absolute Gasteiger partial charge is 0.491 e. The Hall–Kier alpha value is -1.98. The van der Waals surface area contributed by atoms with Crippen LogP contribution in [-0.2, 0) is 9.47 Å². The molecule has 2 aromatic rings. The minimum atomic E-state index is -0.375. The van der Waals surface area contributed by atoms with Gasteiger partial charge in [-0.05, 0) is 37.1 Å². The van der Waals surface area contributed by atoms with Crippen LogP contribution in [0.1, 0.15) is 135 Å². The van der Waals surface area contributed by atoms with Crippen molar-refractivity contribution in [3.8, 4) is 17.0 Å². The Morgan fingerprint density at radius 1 is 0.750 bits per heavy atom. The number of unbranched alkanes of at least 4 members (excludes halogenated alkanes) is 14. The first kappa shape index (κ1) is 32.5. The summed E-state index contributed by atoms with van der Waals surface area (Å²) >= 11 is 0. The van der Waals surface area contributed by atoms with Crippen LogP contribution in [0.15, 0.2) is 36.5 Å². The second-order valence-electron chi connectivity index (χ2n) is 11.6. The zero-order chi connectivity index (χ0) is 28.3. The van der Waals surface area contributed by atoms with Gasteiger partial charge in [0, 0.05) is 23.2 Å².